The first-order valence-electron chi connectivity index (χ1n) is 7.41. The molecule has 0 spiro atoms. The summed E-state index contributed by atoms with van der Waals surface area (Å²) in [5.74, 6) is -2.45. The van der Waals surface area contributed by atoms with E-state index in [1.807, 2.05) is 0 Å². The molecule has 0 bridgehead atoms. The van der Waals surface area contributed by atoms with Crippen LogP contribution in [0.1, 0.15) is 11.1 Å². The second-order valence-electron chi connectivity index (χ2n) is 5.21. The minimum absolute atomic E-state index is 0.0307. The van der Waals surface area contributed by atoms with Gasteiger partial charge in [0, 0.05) is 0 Å². The van der Waals surface area contributed by atoms with Gasteiger partial charge in [0.25, 0.3) is 0 Å². The maximum absolute atomic E-state index is 14.1. The van der Waals surface area contributed by atoms with Gasteiger partial charge in [-0.05, 0) is 41.5 Å². The Labute approximate surface area is 151 Å². The molecule has 1 aliphatic heterocycles. The molecule has 134 valence electrons. The number of nitrogens with one attached hydrogen (secondary N) is 1. The Kier molecular flexibility index (Phi) is 5.57. The van der Waals surface area contributed by atoms with Gasteiger partial charge in [-0.25, -0.2) is 13.2 Å². The number of amidine groups is 1. The van der Waals surface area contributed by atoms with E-state index in [1.165, 1.54) is 36.2 Å². The number of amides is 1. The molecule has 0 aromatic heterocycles. The lowest BCUT2D eigenvalue weighted by Gasteiger charge is -2.08. The van der Waals surface area contributed by atoms with Crippen molar-refractivity contribution in [3.63, 3.8) is 0 Å². The molecule has 0 unspecified atom stereocenters. The Morgan fingerprint density at radius 1 is 1.12 bits per heavy atom. The molecule has 0 radical (unpaired) electrons. The topological polar surface area (TPSA) is 63.0 Å². The third kappa shape index (κ3) is 4.63. The summed E-state index contributed by atoms with van der Waals surface area (Å²) < 4.78 is 45.3. The van der Waals surface area contributed by atoms with Crippen LogP contribution in [0.15, 0.2) is 46.6 Å². The van der Waals surface area contributed by atoms with Crippen molar-refractivity contribution in [2.24, 2.45) is 10.2 Å². The van der Waals surface area contributed by atoms with Crippen LogP contribution in [0, 0.1) is 17.5 Å². The van der Waals surface area contributed by atoms with E-state index in [0.717, 1.165) is 12.1 Å². The molecular weight excluding hydrogens is 367 g/mol. The molecule has 1 N–H and O–H groups in total. The fourth-order valence-electron chi connectivity index (χ4n) is 2.03. The van der Waals surface area contributed by atoms with Gasteiger partial charge in [-0.15, -0.1) is 5.10 Å². The minimum atomic E-state index is -0.989. The first-order valence-corrected chi connectivity index (χ1v) is 8.40. The van der Waals surface area contributed by atoms with E-state index in [-0.39, 0.29) is 18.3 Å². The van der Waals surface area contributed by atoms with Crippen LogP contribution < -0.4 is 10.1 Å². The number of thioether (sulfide) groups is 1. The zero-order valence-electron chi connectivity index (χ0n) is 13.2. The van der Waals surface area contributed by atoms with Crippen molar-refractivity contribution >= 4 is 29.1 Å². The third-order valence-electron chi connectivity index (χ3n) is 3.28. The normalized spacial score (nSPS) is 15.7. The number of carbonyl (C=O) groups excluding carboxylic acids is 1. The third-order valence-corrected chi connectivity index (χ3v) is 4.14. The summed E-state index contributed by atoms with van der Waals surface area (Å²) in [6.45, 7) is -0.105. The van der Waals surface area contributed by atoms with Gasteiger partial charge < -0.3 is 10.1 Å². The molecule has 1 heterocycles. The smallest absolute Gasteiger partial charge is 0.236 e. The number of halogens is 3. The molecule has 1 saturated heterocycles. The molecule has 0 atom stereocenters. The molecule has 3 rings (SSSR count). The van der Waals surface area contributed by atoms with Crippen LogP contribution in [0.4, 0.5) is 13.2 Å². The summed E-state index contributed by atoms with van der Waals surface area (Å²) in [5, 5.41) is 10.5. The van der Waals surface area contributed by atoms with Crippen molar-refractivity contribution in [2.75, 3.05) is 5.75 Å². The lowest BCUT2D eigenvalue weighted by atomic mass is 10.2. The highest BCUT2D eigenvalue weighted by molar-refractivity contribution is 8.15. The van der Waals surface area contributed by atoms with Crippen LogP contribution in [-0.4, -0.2) is 23.0 Å². The van der Waals surface area contributed by atoms with E-state index in [9.17, 15) is 18.0 Å². The average molecular weight is 379 g/mol. The predicted octanol–water partition coefficient (Wildman–Crippen LogP) is 3.24. The summed E-state index contributed by atoms with van der Waals surface area (Å²) in [7, 11) is 0. The summed E-state index contributed by atoms with van der Waals surface area (Å²) in [6.07, 6.45) is 1.33. The van der Waals surface area contributed by atoms with Gasteiger partial charge in [-0.1, -0.05) is 17.8 Å². The highest BCUT2D eigenvalue weighted by atomic mass is 32.2. The Hall–Kier alpha value is -2.81. The average Bonchev–Trinajstić information content (AvgIpc) is 3.02. The van der Waals surface area contributed by atoms with Crippen LogP contribution in [0.5, 0.6) is 5.75 Å². The highest BCUT2D eigenvalue weighted by Gasteiger charge is 2.15. The number of hydrogen-bond donors (Lipinski definition) is 1. The number of nitrogens with zero attached hydrogens (tertiary/aromatic N) is 2. The quantitative estimate of drug-likeness (QED) is 0.641. The van der Waals surface area contributed by atoms with Crippen LogP contribution in [0.2, 0.25) is 0 Å². The van der Waals surface area contributed by atoms with Crippen molar-refractivity contribution in [2.45, 2.75) is 6.61 Å². The van der Waals surface area contributed by atoms with Crippen molar-refractivity contribution in [3.05, 3.63) is 65.0 Å². The van der Waals surface area contributed by atoms with Gasteiger partial charge in [0.05, 0.1) is 12.0 Å². The van der Waals surface area contributed by atoms with Crippen LogP contribution in [0.3, 0.4) is 0 Å². The van der Waals surface area contributed by atoms with Crippen molar-refractivity contribution in [1.29, 1.82) is 0 Å². The Morgan fingerprint density at radius 3 is 2.65 bits per heavy atom. The Morgan fingerprint density at radius 2 is 1.96 bits per heavy atom. The van der Waals surface area contributed by atoms with E-state index < -0.39 is 17.5 Å². The van der Waals surface area contributed by atoms with E-state index >= 15 is 0 Å². The maximum Gasteiger partial charge on any atom is 0.236 e. The Bertz CT molecular complexity index is 903. The van der Waals surface area contributed by atoms with E-state index in [4.69, 9.17) is 4.74 Å². The number of rotatable bonds is 5. The molecule has 0 aliphatic carbocycles. The van der Waals surface area contributed by atoms with E-state index in [0.29, 0.717) is 22.0 Å². The summed E-state index contributed by atoms with van der Waals surface area (Å²) in [4.78, 5) is 11.0. The number of ether oxygens (including phenoxy) is 1. The van der Waals surface area contributed by atoms with Gasteiger partial charge in [-0.2, -0.15) is 5.10 Å². The predicted molar refractivity (Wildman–Crippen MR) is 92.7 cm³/mol. The minimum Gasteiger partial charge on any atom is -0.486 e. The SMILES string of the molecule is O=C1CSC(=NN=Cc2ccc(OCc3ccc(F)c(F)c3)c(F)c2)N1. The molecule has 9 heteroatoms. The number of hydrogen-bond acceptors (Lipinski definition) is 5. The molecule has 2 aromatic rings. The summed E-state index contributed by atoms with van der Waals surface area (Å²) in [5.41, 5.74) is 0.822. The zero-order valence-corrected chi connectivity index (χ0v) is 14.0. The standard InChI is InChI=1S/C17H12F3N3O2S/c18-12-3-1-11(6-13(12)19)8-25-15-4-2-10(5-14(15)20)7-21-23-17-22-16(24)9-26-17/h1-7H,8-9H2,(H,22,23,24). The summed E-state index contributed by atoms with van der Waals surface area (Å²) >= 11 is 1.23. The fraction of sp³-hybridized carbons (Fsp3) is 0.118. The van der Waals surface area contributed by atoms with Crippen molar-refractivity contribution < 1.29 is 22.7 Å². The molecule has 1 fully saturated rings. The van der Waals surface area contributed by atoms with Crippen LogP contribution in [-0.2, 0) is 11.4 Å². The summed E-state index contributed by atoms with van der Waals surface area (Å²) in [6, 6.07) is 7.49. The van der Waals surface area contributed by atoms with Gasteiger partial charge in [0.1, 0.15) is 6.61 Å². The van der Waals surface area contributed by atoms with Gasteiger partial charge in [0.15, 0.2) is 28.4 Å². The first-order chi connectivity index (χ1) is 12.5. The highest BCUT2D eigenvalue weighted by Crippen LogP contribution is 2.20. The molecule has 5 nitrogen and oxygen atoms in total. The van der Waals surface area contributed by atoms with Crippen molar-refractivity contribution in [1.82, 2.24) is 5.32 Å². The lowest BCUT2D eigenvalue weighted by Crippen LogP contribution is -2.19. The van der Waals surface area contributed by atoms with E-state index in [1.54, 1.807) is 6.07 Å². The van der Waals surface area contributed by atoms with Gasteiger partial charge in [0.2, 0.25) is 5.91 Å². The lowest BCUT2D eigenvalue weighted by molar-refractivity contribution is -0.116. The van der Waals surface area contributed by atoms with E-state index in [2.05, 4.69) is 15.5 Å². The van der Waals surface area contributed by atoms with Gasteiger partial charge >= 0.3 is 0 Å². The second kappa shape index (κ2) is 8.05. The first kappa shape index (κ1) is 18.0. The van der Waals surface area contributed by atoms with Gasteiger partial charge in [-0.3, -0.25) is 4.79 Å². The molecular formula is C17H12F3N3O2S. The molecule has 0 saturated carbocycles. The monoisotopic (exact) mass is 379 g/mol. The van der Waals surface area contributed by atoms with Crippen LogP contribution >= 0.6 is 11.8 Å². The largest absolute Gasteiger partial charge is 0.486 e. The van der Waals surface area contributed by atoms with Crippen molar-refractivity contribution in [3.8, 4) is 5.75 Å². The maximum atomic E-state index is 14.1. The fourth-order valence-corrected chi connectivity index (χ4v) is 2.66. The molecule has 26 heavy (non-hydrogen) atoms. The molecule has 1 amide bonds. The molecule has 2 aromatic carbocycles. The molecule has 1 aliphatic rings. The van der Waals surface area contributed by atoms with Crippen LogP contribution in [0.25, 0.3) is 0 Å². The Balaban J connectivity index is 1.61. The zero-order chi connectivity index (χ0) is 18.5. The second-order valence-corrected chi connectivity index (χ2v) is 6.18. The number of benzene rings is 2. The number of carbonyl (C=O) groups is 1.